The normalized spacial score (nSPS) is 13.6. The zero-order chi connectivity index (χ0) is 19.3. The van der Waals surface area contributed by atoms with E-state index in [4.69, 9.17) is 9.84 Å². The van der Waals surface area contributed by atoms with Gasteiger partial charge in [-0.05, 0) is 51.4 Å². The second-order valence-electron chi connectivity index (χ2n) is 6.48. The highest BCUT2D eigenvalue weighted by Gasteiger charge is 2.15. The first-order valence-corrected chi connectivity index (χ1v) is 10.0. The molecule has 0 saturated carbocycles. The Morgan fingerprint density at radius 2 is 1.38 bits per heavy atom. The Kier molecular flexibility index (Phi) is 18.5. The van der Waals surface area contributed by atoms with Crippen molar-refractivity contribution in [3.05, 3.63) is 48.6 Å². The second kappa shape index (κ2) is 19.7. The lowest BCUT2D eigenvalue weighted by atomic mass is 10.00. The van der Waals surface area contributed by atoms with Crippen LogP contribution in [0.3, 0.4) is 0 Å². The van der Waals surface area contributed by atoms with Crippen LogP contribution in [0.15, 0.2) is 48.6 Å². The van der Waals surface area contributed by atoms with Crippen LogP contribution in [0, 0.1) is 5.92 Å². The minimum absolute atomic E-state index is 0.305. The van der Waals surface area contributed by atoms with Crippen LogP contribution >= 0.6 is 0 Å². The molecule has 0 fully saturated rings. The van der Waals surface area contributed by atoms with Crippen LogP contribution < -0.4 is 0 Å². The Hall–Kier alpha value is -1.61. The largest absolute Gasteiger partial charge is 0.481 e. The maximum absolute atomic E-state index is 11.1. The molecule has 0 bridgehead atoms. The number of carboxylic acids is 1. The number of methoxy groups -OCH3 is 1. The van der Waals surface area contributed by atoms with Gasteiger partial charge in [0.05, 0.1) is 5.92 Å². The average molecular weight is 363 g/mol. The van der Waals surface area contributed by atoms with E-state index in [2.05, 4.69) is 55.5 Å². The van der Waals surface area contributed by atoms with Crippen LogP contribution in [0.2, 0.25) is 0 Å². The summed E-state index contributed by atoms with van der Waals surface area (Å²) >= 11 is 0. The fourth-order valence-corrected chi connectivity index (χ4v) is 2.51. The van der Waals surface area contributed by atoms with E-state index in [0.717, 1.165) is 25.7 Å². The molecule has 0 aromatic carbocycles. The van der Waals surface area contributed by atoms with Gasteiger partial charge in [0, 0.05) is 13.7 Å². The summed E-state index contributed by atoms with van der Waals surface area (Å²) in [5.74, 6) is -1.03. The van der Waals surface area contributed by atoms with E-state index in [9.17, 15) is 4.79 Å². The lowest BCUT2D eigenvalue weighted by Gasteiger charge is -2.09. The van der Waals surface area contributed by atoms with E-state index < -0.39 is 5.97 Å². The zero-order valence-corrected chi connectivity index (χ0v) is 16.7. The standard InChI is InChI=1S/C23H38O3/c1-3-4-5-6-7-8-9-10-11-12-13-14-15-16-17-18-19-22(23(24)25)20-21-26-2/h7-8,10-11,13-14,16-17,22H,3-6,9,12,15,18-21H2,1-2H3,(H,24,25)/b8-7-,11-10-,14-13-,17-16-. The molecule has 3 heteroatoms. The Morgan fingerprint density at radius 1 is 0.846 bits per heavy atom. The Bertz CT molecular complexity index is 433. The van der Waals surface area contributed by atoms with Gasteiger partial charge in [0.15, 0.2) is 0 Å². The summed E-state index contributed by atoms with van der Waals surface area (Å²) in [6.45, 7) is 2.74. The van der Waals surface area contributed by atoms with Gasteiger partial charge in [-0.1, -0.05) is 68.4 Å². The van der Waals surface area contributed by atoms with Gasteiger partial charge in [-0.25, -0.2) is 0 Å². The molecular formula is C23H38O3. The molecule has 0 saturated heterocycles. The van der Waals surface area contributed by atoms with Crippen molar-refractivity contribution in [2.24, 2.45) is 5.92 Å². The molecule has 1 atom stereocenters. The summed E-state index contributed by atoms with van der Waals surface area (Å²) < 4.78 is 4.96. The van der Waals surface area contributed by atoms with Gasteiger partial charge < -0.3 is 9.84 Å². The summed E-state index contributed by atoms with van der Waals surface area (Å²) in [6.07, 6.45) is 27.5. The maximum Gasteiger partial charge on any atom is 0.306 e. The molecule has 0 amide bonds. The molecule has 0 spiro atoms. The van der Waals surface area contributed by atoms with Crippen LogP contribution in [-0.4, -0.2) is 24.8 Å². The smallest absolute Gasteiger partial charge is 0.306 e. The first-order chi connectivity index (χ1) is 12.7. The predicted molar refractivity (Wildman–Crippen MR) is 111 cm³/mol. The topological polar surface area (TPSA) is 46.5 Å². The van der Waals surface area contributed by atoms with Gasteiger partial charge in [0.2, 0.25) is 0 Å². The van der Waals surface area contributed by atoms with Crippen LogP contribution in [-0.2, 0) is 9.53 Å². The van der Waals surface area contributed by atoms with Crippen molar-refractivity contribution in [1.82, 2.24) is 0 Å². The fraction of sp³-hybridized carbons (Fsp3) is 0.609. The molecule has 0 radical (unpaired) electrons. The van der Waals surface area contributed by atoms with Crippen LogP contribution in [0.5, 0.6) is 0 Å². The quantitative estimate of drug-likeness (QED) is 0.238. The number of carbonyl (C=O) groups is 1. The van der Waals surface area contributed by atoms with Crippen molar-refractivity contribution < 1.29 is 14.6 Å². The van der Waals surface area contributed by atoms with Gasteiger partial charge >= 0.3 is 5.97 Å². The highest BCUT2D eigenvalue weighted by Crippen LogP contribution is 2.12. The van der Waals surface area contributed by atoms with Crippen molar-refractivity contribution in [1.29, 1.82) is 0 Å². The molecule has 0 rings (SSSR count). The van der Waals surface area contributed by atoms with Gasteiger partial charge in [-0.3, -0.25) is 4.79 Å². The molecule has 0 aliphatic rings. The minimum Gasteiger partial charge on any atom is -0.481 e. The number of allylic oxidation sites excluding steroid dienone is 8. The third-order valence-corrected chi connectivity index (χ3v) is 4.16. The highest BCUT2D eigenvalue weighted by molar-refractivity contribution is 5.69. The summed E-state index contributed by atoms with van der Waals surface area (Å²) in [4.78, 5) is 11.1. The van der Waals surface area contributed by atoms with E-state index in [0.29, 0.717) is 19.4 Å². The Balaban J connectivity index is 3.65. The molecule has 0 aromatic heterocycles. The first-order valence-electron chi connectivity index (χ1n) is 10.0. The average Bonchev–Trinajstić information content (AvgIpc) is 2.63. The van der Waals surface area contributed by atoms with Gasteiger partial charge in [-0.2, -0.15) is 0 Å². The molecule has 0 heterocycles. The van der Waals surface area contributed by atoms with E-state index >= 15 is 0 Å². The molecule has 3 nitrogen and oxygen atoms in total. The van der Waals surface area contributed by atoms with Crippen molar-refractivity contribution >= 4 is 5.97 Å². The molecular weight excluding hydrogens is 324 g/mol. The van der Waals surface area contributed by atoms with Crippen molar-refractivity contribution in [2.75, 3.05) is 13.7 Å². The van der Waals surface area contributed by atoms with E-state index in [1.165, 1.54) is 25.7 Å². The molecule has 0 aromatic rings. The lowest BCUT2D eigenvalue weighted by molar-refractivity contribution is -0.142. The van der Waals surface area contributed by atoms with Crippen molar-refractivity contribution in [3.63, 3.8) is 0 Å². The fourth-order valence-electron chi connectivity index (χ4n) is 2.51. The third-order valence-electron chi connectivity index (χ3n) is 4.16. The minimum atomic E-state index is -0.724. The lowest BCUT2D eigenvalue weighted by Crippen LogP contribution is -2.15. The van der Waals surface area contributed by atoms with Crippen molar-refractivity contribution in [2.45, 2.75) is 71.1 Å². The summed E-state index contributed by atoms with van der Waals surface area (Å²) in [7, 11) is 1.60. The Labute approximate surface area is 160 Å². The first kappa shape index (κ1) is 24.4. The number of ether oxygens (including phenoxy) is 1. The molecule has 1 unspecified atom stereocenters. The molecule has 148 valence electrons. The Morgan fingerprint density at radius 3 is 1.88 bits per heavy atom. The number of rotatable bonds is 17. The van der Waals surface area contributed by atoms with Gasteiger partial charge in [-0.15, -0.1) is 0 Å². The molecule has 26 heavy (non-hydrogen) atoms. The van der Waals surface area contributed by atoms with E-state index in [1.54, 1.807) is 7.11 Å². The molecule has 0 aliphatic heterocycles. The molecule has 1 N–H and O–H groups in total. The number of aliphatic carboxylic acids is 1. The van der Waals surface area contributed by atoms with E-state index in [-0.39, 0.29) is 5.92 Å². The zero-order valence-electron chi connectivity index (χ0n) is 16.7. The number of carboxylic acid groups (broad SMARTS) is 1. The third kappa shape index (κ3) is 17.2. The number of unbranched alkanes of at least 4 members (excludes halogenated alkanes) is 3. The van der Waals surface area contributed by atoms with Gasteiger partial charge in [0.1, 0.15) is 0 Å². The van der Waals surface area contributed by atoms with Crippen LogP contribution in [0.4, 0.5) is 0 Å². The highest BCUT2D eigenvalue weighted by atomic mass is 16.5. The van der Waals surface area contributed by atoms with Gasteiger partial charge in [0.25, 0.3) is 0 Å². The van der Waals surface area contributed by atoms with Crippen LogP contribution in [0.25, 0.3) is 0 Å². The second-order valence-corrected chi connectivity index (χ2v) is 6.48. The SMILES string of the molecule is CCCCC/C=C\C/C=C\C/C=C\C/C=C\CCC(CCOC)C(=O)O. The maximum atomic E-state index is 11.1. The predicted octanol–water partition coefficient (Wildman–Crippen LogP) is 6.48. The summed E-state index contributed by atoms with van der Waals surface area (Å²) in [5, 5.41) is 9.12. The summed E-state index contributed by atoms with van der Waals surface area (Å²) in [6, 6.07) is 0. The number of hydrogen-bond donors (Lipinski definition) is 1. The summed E-state index contributed by atoms with van der Waals surface area (Å²) in [5.41, 5.74) is 0. The molecule has 0 aliphatic carbocycles. The van der Waals surface area contributed by atoms with Crippen molar-refractivity contribution in [3.8, 4) is 0 Å². The number of hydrogen-bond acceptors (Lipinski definition) is 2. The van der Waals surface area contributed by atoms with E-state index in [1.807, 2.05) is 0 Å². The van der Waals surface area contributed by atoms with Crippen LogP contribution in [0.1, 0.15) is 71.1 Å². The monoisotopic (exact) mass is 362 g/mol.